The molecule has 0 fully saturated rings. The van der Waals surface area contributed by atoms with Gasteiger partial charge in [-0.25, -0.2) is 0 Å². The van der Waals surface area contributed by atoms with Crippen molar-refractivity contribution in [2.45, 2.75) is 39.2 Å². The van der Waals surface area contributed by atoms with E-state index in [0.29, 0.717) is 19.3 Å². The van der Waals surface area contributed by atoms with Crippen molar-refractivity contribution in [3.05, 3.63) is 35.4 Å². The fourth-order valence-electron chi connectivity index (χ4n) is 1.99. The van der Waals surface area contributed by atoms with Crippen molar-refractivity contribution in [3.63, 3.8) is 0 Å². The number of aryl methyl sites for hydroxylation is 1. The van der Waals surface area contributed by atoms with E-state index < -0.39 is 0 Å². The van der Waals surface area contributed by atoms with Crippen LogP contribution in [0.25, 0.3) is 0 Å². The molecule has 1 rings (SSSR count). The van der Waals surface area contributed by atoms with Crippen LogP contribution in [-0.4, -0.2) is 31.5 Å². The number of ether oxygens (including phenoxy) is 1. The van der Waals surface area contributed by atoms with Gasteiger partial charge < -0.3 is 15.2 Å². The molecule has 0 radical (unpaired) electrons. The van der Waals surface area contributed by atoms with Crippen molar-refractivity contribution in [2.24, 2.45) is 0 Å². The summed E-state index contributed by atoms with van der Waals surface area (Å²) in [5.74, 6) is 0. The van der Waals surface area contributed by atoms with E-state index in [-0.39, 0.29) is 6.61 Å². The Morgan fingerprint density at radius 3 is 2.58 bits per heavy atom. The summed E-state index contributed by atoms with van der Waals surface area (Å²) in [5.41, 5.74) is 2.73. The van der Waals surface area contributed by atoms with Gasteiger partial charge in [-0.2, -0.15) is 0 Å². The Labute approximate surface area is 117 Å². The first kappa shape index (κ1) is 16.2. The molecule has 1 aromatic rings. The summed E-state index contributed by atoms with van der Waals surface area (Å²) in [6.07, 6.45) is 3.68. The van der Waals surface area contributed by atoms with Crippen LogP contribution < -0.4 is 5.32 Å². The average molecular weight is 265 g/mol. The highest BCUT2D eigenvalue weighted by Crippen LogP contribution is 2.14. The molecule has 0 spiro atoms. The second-order valence-electron chi connectivity index (χ2n) is 4.86. The summed E-state index contributed by atoms with van der Waals surface area (Å²) >= 11 is 0. The SMILES string of the molecule is CCCCc1ccc(C(C)NCCOCCO)cc1. The van der Waals surface area contributed by atoms with E-state index in [1.165, 1.54) is 30.4 Å². The van der Waals surface area contributed by atoms with E-state index in [1.807, 2.05) is 0 Å². The number of benzene rings is 1. The zero-order chi connectivity index (χ0) is 13.9. The maximum absolute atomic E-state index is 8.59. The van der Waals surface area contributed by atoms with Gasteiger partial charge in [-0.3, -0.25) is 0 Å². The molecule has 3 nitrogen and oxygen atoms in total. The Balaban J connectivity index is 2.29. The zero-order valence-electron chi connectivity index (χ0n) is 12.2. The number of nitrogens with one attached hydrogen (secondary N) is 1. The van der Waals surface area contributed by atoms with E-state index in [1.54, 1.807) is 0 Å². The first-order chi connectivity index (χ1) is 9.27. The van der Waals surface area contributed by atoms with E-state index in [9.17, 15) is 0 Å². The number of hydrogen-bond donors (Lipinski definition) is 2. The topological polar surface area (TPSA) is 41.5 Å². The van der Waals surface area contributed by atoms with Gasteiger partial charge in [-0.05, 0) is 30.9 Å². The molecular formula is C16H27NO2. The predicted molar refractivity (Wildman–Crippen MR) is 79.4 cm³/mol. The van der Waals surface area contributed by atoms with Gasteiger partial charge in [-0.1, -0.05) is 37.6 Å². The monoisotopic (exact) mass is 265 g/mol. The third kappa shape index (κ3) is 6.71. The van der Waals surface area contributed by atoms with Crippen LogP contribution in [0.5, 0.6) is 0 Å². The summed E-state index contributed by atoms with van der Waals surface area (Å²) in [6, 6.07) is 9.20. The van der Waals surface area contributed by atoms with E-state index in [0.717, 1.165) is 6.54 Å². The molecule has 0 saturated carbocycles. The van der Waals surface area contributed by atoms with Crippen LogP contribution in [-0.2, 0) is 11.2 Å². The van der Waals surface area contributed by atoms with E-state index >= 15 is 0 Å². The normalized spacial score (nSPS) is 12.6. The fourth-order valence-corrected chi connectivity index (χ4v) is 1.99. The fraction of sp³-hybridized carbons (Fsp3) is 0.625. The molecule has 1 aromatic carbocycles. The number of hydrogen-bond acceptors (Lipinski definition) is 3. The number of aliphatic hydroxyl groups excluding tert-OH is 1. The summed E-state index contributed by atoms with van der Waals surface area (Å²) in [4.78, 5) is 0. The van der Waals surface area contributed by atoms with Crippen LogP contribution in [0.3, 0.4) is 0 Å². The highest BCUT2D eigenvalue weighted by Gasteiger charge is 2.04. The minimum absolute atomic E-state index is 0.0920. The molecular weight excluding hydrogens is 238 g/mol. The van der Waals surface area contributed by atoms with Gasteiger partial charge in [0, 0.05) is 12.6 Å². The molecule has 0 bridgehead atoms. The Hall–Kier alpha value is -0.900. The third-order valence-electron chi connectivity index (χ3n) is 3.23. The van der Waals surface area contributed by atoms with Gasteiger partial charge >= 0.3 is 0 Å². The highest BCUT2D eigenvalue weighted by atomic mass is 16.5. The summed E-state index contributed by atoms with van der Waals surface area (Å²) < 4.78 is 5.22. The van der Waals surface area contributed by atoms with Crippen LogP contribution in [0.4, 0.5) is 0 Å². The van der Waals surface area contributed by atoms with Crippen molar-refractivity contribution in [2.75, 3.05) is 26.4 Å². The lowest BCUT2D eigenvalue weighted by atomic mass is 10.0. The van der Waals surface area contributed by atoms with Gasteiger partial charge in [0.25, 0.3) is 0 Å². The quantitative estimate of drug-likeness (QED) is 0.639. The maximum Gasteiger partial charge on any atom is 0.0698 e. The maximum atomic E-state index is 8.59. The standard InChI is InChI=1S/C16H27NO2/c1-3-4-5-15-6-8-16(9-7-15)14(2)17-10-12-19-13-11-18/h6-9,14,17-18H,3-5,10-13H2,1-2H3. The van der Waals surface area contributed by atoms with Crippen LogP contribution in [0.2, 0.25) is 0 Å². The lowest BCUT2D eigenvalue weighted by Gasteiger charge is -2.14. The lowest BCUT2D eigenvalue weighted by Crippen LogP contribution is -2.23. The van der Waals surface area contributed by atoms with Gasteiger partial charge in [0.1, 0.15) is 0 Å². The number of unbranched alkanes of at least 4 members (excludes halogenated alkanes) is 1. The first-order valence-corrected chi connectivity index (χ1v) is 7.28. The van der Waals surface area contributed by atoms with Gasteiger partial charge in [0.15, 0.2) is 0 Å². The Kier molecular flexibility index (Phi) is 8.47. The molecule has 0 heterocycles. The minimum Gasteiger partial charge on any atom is -0.394 e. The molecule has 0 aliphatic heterocycles. The summed E-state index contributed by atoms with van der Waals surface area (Å²) in [7, 11) is 0. The Bertz CT molecular complexity index is 324. The van der Waals surface area contributed by atoms with Crippen molar-refractivity contribution >= 4 is 0 Å². The Morgan fingerprint density at radius 1 is 1.21 bits per heavy atom. The predicted octanol–water partition coefficient (Wildman–Crippen LogP) is 2.69. The molecule has 108 valence electrons. The number of aliphatic hydroxyl groups is 1. The highest BCUT2D eigenvalue weighted by molar-refractivity contribution is 5.24. The van der Waals surface area contributed by atoms with Crippen LogP contribution in [0.15, 0.2) is 24.3 Å². The zero-order valence-corrected chi connectivity index (χ0v) is 12.2. The second-order valence-corrected chi connectivity index (χ2v) is 4.86. The first-order valence-electron chi connectivity index (χ1n) is 7.28. The third-order valence-corrected chi connectivity index (χ3v) is 3.23. The van der Waals surface area contributed by atoms with Crippen molar-refractivity contribution in [3.8, 4) is 0 Å². The molecule has 0 amide bonds. The largest absolute Gasteiger partial charge is 0.394 e. The van der Waals surface area contributed by atoms with Crippen LogP contribution in [0.1, 0.15) is 43.9 Å². The van der Waals surface area contributed by atoms with E-state index in [2.05, 4.69) is 43.4 Å². The van der Waals surface area contributed by atoms with Crippen molar-refractivity contribution in [1.29, 1.82) is 0 Å². The molecule has 0 aromatic heterocycles. The van der Waals surface area contributed by atoms with Gasteiger partial charge in [-0.15, -0.1) is 0 Å². The molecule has 3 heteroatoms. The second kappa shape index (κ2) is 9.96. The van der Waals surface area contributed by atoms with Crippen molar-refractivity contribution < 1.29 is 9.84 Å². The molecule has 0 aliphatic rings. The summed E-state index contributed by atoms with van der Waals surface area (Å²) in [6.45, 7) is 6.33. The molecule has 2 N–H and O–H groups in total. The average Bonchev–Trinajstić information content (AvgIpc) is 2.45. The smallest absolute Gasteiger partial charge is 0.0698 e. The van der Waals surface area contributed by atoms with Crippen LogP contribution in [0, 0.1) is 0 Å². The van der Waals surface area contributed by atoms with E-state index in [4.69, 9.17) is 9.84 Å². The molecule has 0 saturated heterocycles. The minimum atomic E-state index is 0.0920. The molecule has 19 heavy (non-hydrogen) atoms. The molecule has 0 aliphatic carbocycles. The summed E-state index contributed by atoms with van der Waals surface area (Å²) in [5, 5.41) is 12.0. The van der Waals surface area contributed by atoms with Crippen molar-refractivity contribution in [1.82, 2.24) is 5.32 Å². The number of rotatable bonds is 10. The van der Waals surface area contributed by atoms with Gasteiger partial charge in [0.05, 0.1) is 19.8 Å². The molecule has 1 unspecified atom stereocenters. The Morgan fingerprint density at radius 2 is 1.95 bits per heavy atom. The van der Waals surface area contributed by atoms with Gasteiger partial charge in [0.2, 0.25) is 0 Å². The lowest BCUT2D eigenvalue weighted by molar-refractivity contribution is 0.0928. The van der Waals surface area contributed by atoms with Crippen LogP contribution >= 0.6 is 0 Å². The molecule has 1 atom stereocenters.